The number of benzene rings is 1. The van der Waals surface area contributed by atoms with Gasteiger partial charge in [0.05, 0.1) is 6.20 Å². The summed E-state index contributed by atoms with van der Waals surface area (Å²) in [7, 11) is 0. The molecule has 1 aromatic carbocycles. The summed E-state index contributed by atoms with van der Waals surface area (Å²) >= 11 is 0. The third-order valence-electron chi connectivity index (χ3n) is 2.91. The third-order valence-corrected chi connectivity index (χ3v) is 2.91. The summed E-state index contributed by atoms with van der Waals surface area (Å²) in [6.45, 7) is -0.117. The highest BCUT2D eigenvalue weighted by Crippen LogP contribution is 2.13. The van der Waals surface area contributed by atoms with E-state index in [1.807, 2.05) is 6.07 Å². The molecular formula is C13H11F2N4O+. The molecule has 0 aromatic heterocycles. The molecule has 0 spiro atoms. The zero-order valence-corrected chi connectivity index (χ0v) is 10.3. The molecule has 3 rings (SSSR count). The van der Waals surface area contributed by atoms with Gasteiger partial charge in [0, 0.05) is 5.69 Å². The van der Waals surface area contributed by atoms with Crippen LogP contribution in [0, 0.1) is 0 Å². The van der Waals surface area contributed by atoms with Crippen molar-refractivity contribution in [3.8, 4) is 0 Å². The van der Waals surface area contributed by atoms with Gasteiger partial charge in [0.1, 0.15) is 6.20 Å². The average molecular weight is 277 g/mol. The molecule has 0 saturated heterocycles. The second-order valence-electron chi connectivity index (χ2n) is 4.37. The molecule has 0 bridgehead atoms. The van der Waals surface area contributed by atoms with E-state index in [9.17, 15) is 13.7 Å². The zero-order chi connectivity index (χ0) is 14.1. The minimum atomic E-state index is -0.785. The van der Waals surface area contributed by atoms with E-state index in [0.29, 0.717) is 16.8 Å². The standard InChI is InChI=1S/C13H10F2N4O/c14-10-6-19(15)8-18-7-11(17-12(10)18)13(20)16-9-4-2-1-3-5-9/h1-7H,8H2,(H,16,20)/p+1. The smallest absolute Gasteiger partial charge is 0.280 e. The second kappa shape index (κ2) is 4.86. The van der Waals surface area contributed by atoms with Gasteiger partial charge in [-0.15, -0.1) is 0 Å². The monoisotopic (exact) mass is 277 g/mol. The fourth-order valence-corrected chi connectivity index (χ4v) is 2.01. The number of anilines is 1. The lowest BCUT2D eigenvalue weighted by Gasteiger charge is -2.18. The van der Waals surface area contributed by atoms with Crippen molar-refractivity contribution in [3.05, 3.63) is 54.3 Å². The fourth-order valence-electron chi connectivity index (χ4n) is 2.01. The normalized spacial score (nSPS) is 20.8. The number of hydrogen-bond acceptors (Lipinski definition) is 3. The minimum Gasteiger partial charge on any atom is -0.320 e. The molecule has 2 aliphatic heterocycles. The van der Waals surface area contributed by atoms with E-state index in [2.05, 4.69) is 10.3 Å². The number of quaternary nitrogens is 1. The molecule has 2 N–H and O–H groups in total. The van der Waals surface area contributed by atoms with Gasteiger partial charge in [0.2, 0.25) is 5.83 Å². The first-order chi connectivity index (χ1) is 9.63. The molecule has 1 unspecified atom stereocenters. The van der Waals surface area contributed by atoms with Gasteiger partial charge in [-0.25, -0.2) is 4.90 Å². The van der Waals surface area contributed by atoms with Gasteiger partial charge in [-0.05, 0) is 12.1 Å². The molecule has 0 aliphatic carbocycles. The maximum Gasteiger partial charge on any atom is 0.280 e. The number of carbonyl (C=O) groups is 1. The third kappa shape index (κ3) is 2.30. The van der Waals surface area contributed by atoms with Crippen LogP contribution in [0.4, 0.5) is 14.6 Å². The Kier molecular flexibility index (Phi) is 3.03. The number of amides is 1. The summed E-state index contributed by atoms with van der Waals surface area (Å²) in [4.78, 5) is 16.3. The lowest BCUT2D eigenvalue weighted by atomic mass is 10.3. The van der Waals surface area contributed by atoms with Crippen LogP contribution in [0.15, 0.2) is 59.2 Å². The van der Waals surface area contributed by atoms with E-state index in [0.717, 1.165) is 0 Å². The number of carbonyl (C=O) groups excluding carboxylic acids is 1. The summed E-state index contributed by atoms with van der Waals surface area (Å²) in [5, 5.41) is 2.86. The Balaban J connectivity index is 1.78. The molecule has 0 radical (unpaired) electrons. The Morgan fingerprint density at radius 1 is 1.35 bits per heavy atom. The first-order valence-corrected chi connectivity index (χ1v) is 5.96. The molecule has 0 saturated carbocycles. The molecule has 102 valence electrons. The summed E-state index contributed by atoms with van der Waals surface area (Å²) < 4.78 is 26.6. The van der Waals surface area contributed by atoms with E-state index >= 15 is 0 Å². The van der Waals surface area contributed by atoms with Crippen LogP contribution in [0.25, 0.3) is 0 Å². The molecule has 7 heteroatoms. The van der Waals surface area contributed by atoms with E-state index < -0.39 is 11.7 Å². The van der Waals surface area contributed by atoms with Crippen LogP contribution in [0.3, 0.4) is 0 Å². The van der Waals surface area contributed by atoms with Crippen LogP contribution >= 0.6 is 0 Å². The average Bonchev–Trinajstić information content (AvgIpc) is 2.84. The predicted octanol–water partition coefficient (Wildman–Crippen LogP) is 0.732. The maximum absolute atomic E-state index is 13.5. The quantitative estimate of drug-likeness (QED) is 0.783. The van der Waals surface area contributed by atoms with Gasteiger partial charge >= 0.3 is 0 Å². The van der Waals surface area contributed by atoms with Gasteiger partial charge < -0.3 is 5.32 Å². The predicted molar refractivity (Wildman–Crippen MR) is 68.6 cm³/mol. The van der Waals surface area contributed by atoms with E-state index in [-0.39, 0.29) is 23.3 Å². The highest BCUT2D eigenvalue weighted by atomic mass is 19.2. The van der Waals surface area contributed by atoms with Gasteiger partial charge in [0.25, 0.3) is 11.7 Å². The molecule has 20 heavy (non-hydrogen) atoms. The van der Waals surface area contributed by atoms with Crippen LogP contribution in [0.1, 0.15) is 0 Å². The Morgan fingerprint density at radius 3 is 2.85 bits per heavy atom. The lowest BCUT2D eigenvalue weighted by molar-refractivity contribution is -0.764. The summed E-state index contributed by atoms with van der Waals surface area (Å²) in [5.41, 5.74) is 0.680. The van der Waals surface area contributed by atoms with Crippen LogP contribution in [-0.4, -0.2) is 23.5 Å². The Morgan fingerprint density at radius 2 is 2.10 bits per heavy atom. The first-order valence-electron chi connectivity index (χ1n) is 5.96. The number of nitrogens with zero attached hydrogens (tertiary/aromatic N) is 2. The number of aliphatic imine (C=N–C) groups is 1. The van der Waals surface area contributed by atoms with Crippen LogP contribution < -0.4 is 10.2 Å². The van der Waals surface area contributed by atoms with Gasteiger partial charge in [-0.1, -0.05) is 22.7 Å². The molecule has 1 atom stereocenters. The Labute approximate surface area is 113 Å². The minimum absolute atomic E-state index is 0.0251. The van der Waals surface area contributed by atoms with Crippen molar-refractivity contribution >= 4 is 17.4 Å². The van der Waals surface area contributed by atoms with E-state index in [4.69, 9.17) is 0 Å². The number of para-hydroxylation sites is 1. The Bertz CT molecular complexity index is 639. The topological polar surface area (TPSA) is 49.1 Å². The summed E-state index contributed by atoms with van der Waals surface area (Å²) in [5.74, 6) is -1.21. The van der Waals surface area contributed by atoms with Crippen molar-refractivity contribution in [1.82, 2.24) is 5.12 Å². The highest BCUT2D eigenvalue weighted by Gasteiger charge is 2.35. The largest absolute Gasteiger partial charge is 0.320 e. The summed E-state index contributed by atoms with van der Waals surface area (Å²) in [6, 6.07) is 8.84. The van der Waals surface area contributed by atoms with Gasteiger partial charge in [-0.2, -0.15) is 14.5 Å². The van der Waals surface area contributed by atoms with Crippen LogP contribution in [-0.2, 0) is 4.79 Å². The molecular weight excluding hydrogens is 266 g/mol. The van der Waals surface area contributed by atoms with Crippen molar-refractivity contribution in [3.63, 3.8) is 0 Å². The van der Waals surface area contributed by atoms with Crippen molar-refractivity contribution in [2.24, 2.45) is 4.99 Å². The number of halogens is 2. The molecule has 1 amide bonds. The number of nitrogens with one attached hydrogen (secondary N) is 2. The summed E-state index contributed by atoms with van der Waals surface area (Å²) in [6.07, 6.45) is 2.11. The molecule has 0 fully saturated rings. The molecule has 2 aliphatic rings. The fraction of sp³-hybridized carbons (Fsp3) is 0.0769. The number of hydrogen-bond donors (Lipinski definition) is 2. The zero-order valence-electron chi connectivity index (χ0n) is 10.3. The van der Waals surface area contributed by atoms with Crippen molar-refractivity contribution in [1.29, 1.82) is 0 Å². The van der Waals surface area contributed by atoms with E-state index in [1.165, 1.54) is 6.20 Å². The van der Waals surface area contributed by atoms with Crippen molar-refractivity contribution < 1.29 is 18.6 Å². The molecule has 5 nitrogen and oxygen atoms in total. The number of fused-ring (bicyclic) bond motifs is 1. The molecule has 1 aromatic rings. The Hall–Kier alpha value is -2.54. The highest BCUT2D eigenvalue weighted by molar-refractivity contribution is 6.07. The van der Waals surface area contributed by atoms with Gasteiger partial charge in [0.15, 0.2) is 12.4 Å². The lowest BCUT2D eigenvalue weighted by Crippen LogP contribution is -3.11. The van der Waals surface area contributed by atoms with Crippen LogP contribution in [0.5, 0.6) is 0 Å². The number of amidine groups is 1. The van der Waals surface area contributed by atoms with Crippen LogP contribution in [0.2, 0.25) is 0 Å². The SMILES string of the molecule is O=C(Nc1ccccc1)C1=C[NH+]2CN(F)C=C(F)C2=N1. The van der Waals surface area contributed by atoms with Crippen molar-refractivity contribution in [2.75, 3.05) is 12.0 Å². The maximum atomic E-state index is 13.5. The van der Waals surface area contributed by atoms with E-state index in [1.54, 1.807) is 24.3 Å². The van der Waals surface area contributed by atoms with Crippen molar-refractivity contribution in [2.45, 2.75) is 0 Å². The second-order valence-corrected chi connectivity index (χ2v) is 4.37. The van der Waals surface area contributed by atoms with Gasteiger partial charge in [-0.3, -0.25) is 4.79 Å². The molecule has 2 heterocycles. The first kappa shape index (κ1) is 12.5. The number of rotatable bonds is 2.